The van der Waals surface area contributed by atoms with Gasteiger partial charge in [0.2, 0.25) is 15.9 Å². The summed E-state index contributed by atoms with van der Waals surface area (Å²) in [6, 6.07) is 11.6. The maximum Gasteiger partial charge on any atom is 0.251 e. The number of fused-ring (bicyclic) bond motifs is 1. The van der Waals surface area contributed by atoms with Crippen LogP contribution in [0.4, 0.5) is 5.69 Å². The zero-order valence-corrected chi connectivity index (χ0v) is 15.0. The summed E-state index contributed by atoms with van der Waals surface area (Å²) in [7, 11) is -3.61. The number of nitrogens with zero attached hydrogens (tertiary/aromatic N) is 3. The van der Waals surface area contributed by atoms with Crippen LogP contribution in [0, 0.1) is 0 Å². The Morgan fingerprint density at radius 1 is 1.15 bits per heavy atom. The molecule has 9 heteroatoms. The van der Waals surface area contributed by atoms with Crippen LogP contribution in [0.3, 0.4) is 0 Å². The molecule has 1 aliphatic heterocycles. The fourth-order valence-electron chi connectivity index (χ4n) is 3.01. The Morgan fingerprint density at radius 3 is 2.63 bits per heavy atom. The second-order valence-corrected chi connectivity index (χ2v) is 8.06. The van der Waals surface area contributed by atoms with Gasteiger partial charge in [-0.25, -0.2) is 17.7 Å². The molecule has 1 saturated heterocycles. The van der Waals surface area contributed by atoms with E-state index in [2.05, 4.69) is 10.3 Å². The number of hydrogen-bond donors (Lipinski definition) is 1. The number of carbonyl (C=O) groups is 2. The van der Waals surface area contributed by atoms with Crippen LogP contribution < -0.4 is 9.62 Å². The fraction of sp³-hybridized carbons (Fsp3) is 0.167. The van der Waals surface area contributed by atoms with E-state index in [0.717, 1.165) is 9.82 Å². The summed E-state index contributed by atoms with van der Waals surface area (Å²) >= 11 is 0. The average Bonchev–Trinajstić information content (AvgIpc) is 3.20. The molecule has 0 bridgehead atoms. The molecule has 3 heterocycles. The number of nitrogens with one attached hydrogen (secondary N) is 1. The molecule has 138 valence electrons. The van der Waals surface area contributed by atoms with Crippen LogP contribution in [-0.2, 0) is 21.4 Å². The van der Waals surface area contributed by atoms with Crippen molar-refractivity contribution in [3.63, 3.8) is 0 Å². The van der Waals surface area contributed by atoms with E-state index in [1.807, 2.05) is 28.8 Å². The smallest absolute Gasteiger partial charge is 0.251 e. The molecule has 1 aliphatic rings. The van der Waals surface area contributed by atoms with Gasteiger partial charge >= 0.3 is 0 Å². The fourth-order valence-corrected chi connectivity index (χ4v) is 4.47. The lowest BCUT2D eigenvalue weighted by Crippen LogP contribution is -2.29. The van der Waals surface area contributed by atoms with Gasteiger partial charge in [0.15, 0.2) is 0 Å². The molecule has 1 aromatic carbocycles. The Kier molecular flexibility index (Phi) is 4.15. The first-order chi connectivity index (χ1) is 13.0. The average molecular weight is 384 g/mol. The van der Waals surface area contributed by atoms with Crippen LogP contribution in [0.25, 0.3) is 5.52 Å². The van der Waals surface area contributed by atoms with Gasteiger partial charge in [-0.2, -0.15) is 0 Å². The molecule has 4 rings (SSSR count). The van der Waals surface area contributed by atoms with Gasteiger partial charge in [-0.3, -0.25) is 9.59 Å². The highest BCUT2D eigenvalue weighted by atomic mass is 32.2. The lowest BCUT2D eigenvalue weighted by atomic mass is 10.2. The number of benzene rings is 1. The second-order valence-electron chi connectivity index (χ2n) is 6.12. The zero-order valence-electron chi connectivity index (χ0n) is 14.2. The number of carbonyl (C=O) groups excluding carboxylic acids is 2. The highest BCUT2D eigenvalue weighted by Crippen LogP contribution is 2.25. The normalized spacial score (nSPS) is 16.0. The van der Waals surface area contributed by atoms with Crippen molar-refractivity contribution in [3.8, 4) is 0 Å². The molecule has 0 spiro atoms. The lowest BCUT2D eigenvalue weighted by molar-refractivity contribution is -0.116. The van der Waals surface area contributed by atoms with Crippen molar-refractivity contribution < 1.29 is 18.0 Å². The summed E-state index contributed by atoms with van der Waals surface area (Å²) in [6.07, 6.45) is 3.57. The molecule has 0 unspecified atom stereocenters. The van der Waals surface area contributed by atoms with E-state index in [1.165, 1.54) is 24.3 Å². The highest BCUT2D eigenvalue weighted by Gasteiger charge is 2.36. The van der Waals surface area contributed by atoms with Crippen molar-refractivity contribution in [3.05, 3.63) is 66.2 Å². The number of rotatable bonds is 4. The summed E-state index contributed by atoms with van der Waals surface area (Å²) in [4.78, 5) is 28.5. The summed E-state index contributed by atoms with van der Waals surface area (Å²) in [5.74, 6) is -0.264. The molecular formula is C18H16N4O4S. The van der Waals surface area contributed by atoms with Gasteiger partial charge in [0.05, 0.1) is 29.7 Å². The Hall–Kier alpha value is -3.20. The molecule has 0 saturated carbocycles. The van der Waals surface area contributed by atoms with E-state index >= 15 is 0 Å². The highest BCUT2D eigenvalue weighted by molar-refractivity contribution is 7.94. The van der Waals surface area contributed by atoms with Crippen LogP contribution in [0.5, 0.6) is 0 Å². The first-order valence-corrected chi connectivity index (χ1v) is 9.92. The second kappa shape index (κ2) is 6.51. The van der Waals surface area contributed by atoms with E-state index in [9.17, 15) is 18.0 Å². The van der Waals surface area contributed by atoms with Crippen molar-refractivity contribution in [1.29, 1.82) is 0 Å². The Labute approximate surface area is 155 Å². The number of imidazole rings is 1. The first kappa shape index (κ1) is 17.2. The molecule has 1 fully saturated rings. The molecule has 2 aromatic heterocycles. The number of anilines is 1. The van der Waals surface area contributed by atoms with E-state index in [0.29, 0.717) is 11.4 Å². The third kappa shape index (κ3) is 3.17. The number of aromatic nitrogens is 2. The largest absolute Gasteiger partial charge is 0.345 e. The van der Waals surface area contributed by atoms with Crippen LogP contribution in [0.15, 0.2) is 54.9 Å². The number of hydrogen-bond acceptors (Lipinski definition) is 5. The zero-order chi connectivity index (χ0) is 19.0. The number of amides is 2. The Bertz CT molecular complexity index is 1140. The lowest BCUT2D eigenvalue weighted by Gasteiger charge is -2.15. The molecular weight excluding hydrogens is 368 g/mol. The number of pyridine rings is 1. The third-order valence-corrected chi connectivity index (χ3v) is 6.06. The van der Waals surface area contributed by atoms with E-state index in [-0.39, 0.29) is 30.3 Å². The minimum absolute atomic E-state index is 0.0250. The molecule has 2 amide bonds. The van der Waals surface area contributed by atoms with Crippen LogP contribution in [0.1, 0.15) is 22.6 Å². The van der Waals surface area contributed by atoms with E-state index < -0.39 is 15.9 Å². The Balaban J connectivity index is 1.47. The monoisotopic (exact) mass is 384 g/mol. The summed E-state index contributed by atoms with van der Waals surface area (Å²) < 4.78 is 26.6. The summed E-state index contributed by atoms with van der Waals surface area (Å²) in [6.45, 7) is 0.248. The maximum atomic E-state index is 12.4. The first-order valence-electron chi connectivity index (χ1n) is 8.31. The molecule has 0 aliphatic carbocycles. The van der Waals surface area contributed by atoms with E-state index in [1.54, 1.807) is 6.20 Å². The minimum Gasteiger partial charge on any atom is -0.345 e. The minimum atomic E-state index is -3.61. The summed E-state index contributed by atoms with van der Waals surface area (Å²) in [5.41, 5.74) is 1.54. The van der Waals surface area contributed by atoms with Gasteiger partial charge in [0.1, 0.15) is 5.82 Å². The predicted molar refractivity (Wildman–Crippen MR) is 98.7 cm³/mol. The molecule has 8 nitrogen and oxygen atoms in total. The molecule has 3 aromatic rings. The van der Waals surface area contributed by atoms with Crippen LogP contribution in [-0.4, -0.2) is 35.4 Å². The van der Waals surface area contributed by atoms with Gasteiger partial charge in [0.25, 0.3) is 5.91 Å². The third-order valence-electron chi connectivity index (χ3n) is 4.36. The van der Waals surface area contributed by atoms with Crippen LogP contribution >= 0.6 is 0 Å². The topological polar surface area (TPSA) is 101 Å². The van der Waals surface area contributed by atoms with Gasteiger partial charge in [-0.1, -0.05) is 6.07 Å². The van der Waals surface area contributed by atoms with Crippen molar-refractivity contribution >= 4 is 33.0 Å². The van der Waals surface area contributed by atoms with Gasteiger partial charge in [-0.05, 0) is 36.4 Å². The van der Waals surface area contributed by atoms with Crippen molar-refractivity contribution in [1.82, 2.24) is 14.7 Å². The summed E-state index contributed by atoms with van der Waals surface area (Å²) in [5, 5.41) is 2.79. The maximum absolute atomic E-state index is 12.4. The SMILES string of the molecule is O=C(NCc1ncc2ccccn12)c1ccc(N2C(=O)CCS2(=O)=O)cc1. The Morgan fingerprint density at radius 2 is 1.93 bits per heavy atom. The van der Waals surface area contributed by atoms with Crippen LogP contribution in [0.2, 0.25) is 0 Å². The standard InChI is InChI=1S/C18H16N4O4S/c23-17-8-10-27(25,26)22(17)14-6-4-13(5-7-14)18(24)20-12-16-19-11-15-3-1-2-9-21(15)16/h1-7,9,11H,8,10,12H2,(H,20,24). The van der Waals surface area contributed by atoms with Crippen molar-refractivity contribution in [2.45, 2.75) is 13.0 Å². The number of sulfonamides is 1. The van der Waals surface area contributed by atoms with E-state index in [4.69, 9.17) is 0 Å². The van der Waals surface area contributed by atoms with Crippen molar-refractivity contribution in [2.75, 3.05) is 10.1 Å². The van der Waals surface area contributed by atoms with Crippen molar-refractivity contribution in [2.24, 2.45) is 0 Å². The van der Waals surface area contributed by atoms with Gasteiger partial charge in [-0.15, -0.1) is 0 Å². The molecule has 0 atom stereocenters. The molecule has 27 heavy (non-hydrogen) atoms. The quantitative estimate of drug-likeness (QED) is 0.731. The van der Waals surface area contributed by atoms with Gasteiger partial charge < -0.3 is 9.72 Å². The molecule has 0 radical (unpaired) electrons. The van der Waals surface area contributed by atoms with Gasteiger partial charge in [0, 0.05) is 18.2 Å². The molecule has 1 N–H and O–H groups in total. The predicted octanol–water partition coefficient (Wildman–Crippen LogP) is 1.33.